The van der Waals surface area contributed by atoms with E-state index in [0.717, 1.165) is 6.54 Å². The van der Waals surface area contributed by atoms with Gasteiger partial charge in [-0.2, -0.15) is 0 Å². The first-order chi connectivity index (χ1) is 5.85. The van der Waals surface area contributed by atoms with Crippen LogP contribution in [0.5, 0.6) is 0 Å². The van der Waals surface area contributed by atoms with Gasteiger partial charge in [-0.25, -0.2) is 0 Å². The Balaban J connectivity index is 4.18. The average Bonchev–Trinajstić information content (AvgIpc) is 1.81. The van der Waals surface area contributed by atoms with Crippen LogP contribution < -0.4 is 5.32 Å². The van der Waals surface area contributed by atoms with Crippen molar-refractivity contribution < 1.29 is 0 Å². The predicted molar refractivity (Wildman–Crippen MR) is 61.0 cm³/mol. The van der Waals surface area contributed by atoms with E-state index in [2.05, 4.69) is 52.9 Å². The molecule has 0 radical (unpaired) electrons. The number of likely N-dealkylation sites (N-methyl/N-ethyl adjacent to an activating group) is 1. The largest absolute Gasteiger partial charge is 0.311 e. The van der Waals surface area contributed by atoms with Crippen molar-refractivity contribution in [2.45, 2.75) is 54.0 Å². The molecule has 0 spiro atoms. The molecule has 0 bridgehead atoms. The summed E-state index contributed by atoms with van der Waals surface area (Å²) in [4.78, 5) is 0. The Kier molecular flexibility index (Phi) is 5.31. The molecule has 0 aromatic carbocycles. The SMILES string of the molecule is CCNC(C=C(C)C)CC(C)(C)C. The second-order valence-corrected chi connectivity index (χ2v) is 5.17. The maximum absolute atomic E-state index is 3.49. The summed E-state index contributed by atoms with van der Waals surface area (Å²) in [5, 5.41) is 3.49. The van der Waals surface area contributed by atoms with Crippen molar-refractivity contribution in [3.63, 3.8) is 0 Å². The van der Waals surface area contributed by atoms with Gasteiger partial charge >= 0.3 is 0 Å². The molecule has 78 valence electrons. The lowest BCUT2D eigenvalue weighted by molar-refractivity contribution is 0.337. The molecule has 0 aromatic heterocycles. The summed E-state index contributed by atoms with van der Waals surface area (Å²) in [7, 11) is 0. The summed E-state index contributed by atoms with van der Waals surface area (Å²) in [6, 6.07) is 0.537. The molecule has 0 rings (SSSR count). The molecule has 0 aliphatic heterocycles. The van der Waals surface area contributed by atoms with E-state index in [-0.39, 0.29) is 0 Å². The molecule has 0 aliphatic carbocycles. The number of rotatable bonds is 4. The minimum Gasteiger partial charge on any atom is -0.311 e. The summed E-state index contributed by atoms with van der Waals surface area (Å²) in [6.07, 6.45) is 3.53. The zero-order valence-corrected chi connectivity index (χ0v) is 10.1. The van der Waals surface area contributed by atoms with Crippen LogP contribution in [0.3, 0.4) is 0 Å². The smallest absolute Gasteiger partial charge is 0.0257 e. The lowest BCUT2D eigenvalue weighted by atomic mass is 9.87. The van der Waals surface area contributed by atoms with Gasteiger partial charge in [0, 0.05) is 6.04 Å². The lowest BCUT2D eigenvalue weighted by Gasteiger charge is -2.24. The Labute approximate surface area is 83.6 Å². The number of hydrogen-bond acceptors (Lipinski definition) is 1. The molecule has 1 heteroatoms. The summed E-state index contributed by atoms with van der Waals surface area (Å²) in [6.45, 7) is 14.4. The van der Waals surface area contributed by atoms with E-state index >= 15 is 0 Å². The fourth-order valence-corrected chi connectivity index (χ4v) is 1.51. The highest BCUT2D eigenvalue weighted by Gasteiger charge is 2.15. The van der Waals surface area contributed by atoms with Gasteiger partial charge in [-0.1, -0.05) is 39.3 Å². The minimum atomic E-state index is 0.402. The van der Waals surface area contributed by atoms with E-state index in [1.807, 2.05) is 0 Å². The van der Waals surface area contributed by atoms with E-state index in [4.69, 9.17) is 0 Å². The number of hydrogen-bond donors (Lipinski definition) is 1. The van der Waals surface area contributed by atoms with Crippen LogP contribution in [-0.4, -0.2) is 12.6 Å². The molecule has 0 saturated heterocycles. The highest BCUT2D eigenvalue weighted by molar-refractivity contribution is 5.01. The van der Waals surface area contributed by atoms with Crippen LogP contribution in [-0.2, 0) is 0 Å². The molecule has 13 heavy (non-hydrogen) atoms. The third kappa shape index (κ3) is 8.04. The Morgan fingerprint density at radius 3 is 2.15 bits per heavy atom. The van der Waals surface area contributed by atoms with Crippen molar-refractivity contribution >= 4 is 0 Å². The molecular formula is C12H25N. The van der Waals surface area contributed by atoms with Crippen molar-refractivity contribution in [1.82, 2.24) is 5.32 Å². The Morgan fingerprint density at radius 1 is 1.31 bits per heavy atom. The maximum atomic E-state index is 3.49. The number of allylic oxidation sites excluding steroid dienone is 1. The molecule has 0 saturated carbocycles. The van der Waals surface area contributed by atoms with Crippen LogP contribution in [0.4, 0.5) is 0 Å². The fraction of sp³-hybridized carbons (Fsp3) is 0.833. The molecule has 0 aromatic rings. The van der Waals surface area contributed by atoms with Crippen LogP contribution in [0.25, 0.3) is 0 Å². The lowest BCUT2D eigenvalue weighted by Crippen LogP contribution is -2.31. The van der Waals surface area contributed by atoms with E-state index in [1.54, 1.807) is 0 Å². The topological polar surface area (TPSA) is 12.0 Å². The van der Waals surface area contributed by atoms with Crippen molar-refractivity contribution in [2.24, 2.45) is 5.41 Å². The molecule has 1 unspecified atom stereocenters. The van der Waals surface area contributed by atoms with Gasteiger partial charge in [0.05, 0.1) is 0 Å². The van der Waals surface area contributed by atoms with Gasteiger partial charge in [-0.3, -0.25) is 0 Å². The minimum absolute atomic E-state index is 0.402. The third-order valence-corrected chi connectivity index (χ3v) is 1.83. The van der Waals surface area contributed by atoms with Gasteiger partial charge in [0.2, 0.25) is 0 Å². The van der Waals surface area contributed by atoms with E-state index in [1.165, 1.54) is 12.0 Å². The van der Waals surface area contributed by atoms with Gasteiger partial charge in [0.25, 0.3) is 0 Å². The molecule has 1 N–H and O–H groups in total. The summed E-state index contributed by atoms with van der Waals surface area (Å²) in [5.41, 5.74) is 1.80. The van der Waals surface area contributed by atoms with E-state index in [9.17, 15) is 0 Å². The number of nitrogens with one attached hydrogen (secondary N) is 1. The normalized spacial score (nSPS) is 14.0. The third-order valence-electron chi connectivity index (χ3n) is 1.83. The Bertz CT molecular complexity index is 158. The van der Waals surface area contributed by atoms with Crippen molar-refractivity contribution in [3.8, 4) is 0 Å². The standard InChI is InChI=1S/C12H25N/c1-7-13-11(8-10(2)3)9-12(4,5)6/h8,11,13H,7,9H2,1-6H3. The van der Waals surface area contributed by atoms with Crippen molar-refractivity contribution in [2.75, 3.05) is 6.54 Å². The first kappa shape index (κ1) is 12.7. The van der Waals surface area contributed by atoms with Crippen molar-refractivity contribution in [3.05, 3.63) is 11.6 Å². The maximum Gasteiger partial charge on any atom is 0.0257 e. The summed E-state index contributed by atoms with van der Waals surface area (Å²) in [5.74, 6) is 0. The summed E-state index contributed by atoms with van der Waals surface area (Å²) >= 11 is 0. The van der Waals surface area contributed by atoms with Crippen LogP contribution in [0, 0.1) is 5.41 Å². The van der Waals surface area contributed by atoms with Gasteiger partial charge in [-0.15, -0.1) is 0 Å². The first-order valence-corrected chi connectivity index (χ1v) is 5.23. The van der Waals surface area contributed by atoms with Gasteiger partial charge in [0.15, 0.2) is 0 Å². The quantitative estimate of drug-likeness (QED) is 0.659. The van der Waals surface area contributed by atoms with E-state index < -0.39 is 0 Å². The summed E-state index contributed by atoms with van der Waals surface area (Å²) < 4.78 is 0. The molecule has 0 aliphatic rings. The second kappa shape index (κ2) is 5.43. The monoisotopic (exact) mass is 183 g/mol. The predicted octanol–water partition coefficient (Wildman–Crippen LogP) is 3.37. The van der Waals surface area contributed by atoms with Crippen LogP contribution in [0.15, 0.2) is 11.6 Å². The second-order valence-electron chi connectivity index (χ2n) is 5.17. The zero-order valence-electron chi connectivity index (χ0n) is 10.1. The van der Waals surface area contributed by atoms with Crippen LogP contribution >= 0.6 is 0 Å². The molecule has 1 nitrogen and oxygen atoms in total. The Hall–Kier alpha value is -0.300. The molecule has 0 heterocycles. The highest BCUT2D eigenvalue weighted by atomic mass is 14.9. The average molecular weight is 183 g/mol. The van der Waals surface area contributed by atoms with E-state index in [0.29, 0.717) is 11.5 Å². The van der Waals surface area contributed by atoms with Crippen LogP contribution in [0.2, 0.25) is 0 Å². The van der Waals surface area contributed by atoms with Gasteiger partial charge in [0.1, 0.15) is 0 Å². The van der Waals surface area contributed by atoms with Gasteiger partial charge < -0.3 is 5.32 Å². The van der Waals surface area contributed by atoms with Crippen molar-refractivity contribution in [1.29, 1.82) is 0 Å². The zero-order chi connectivity index (χ0) is 10.5. The molecule has 0 amide bonds. The fourth-order valence-electron chi connectivity index (χ4n) is 1.51. The first-order valence-electron chi connectivity index (χ1n) is 5.23. The van der Waals surface area contributed by atoms with Gasteiger partial charge in [-0.05, 0) is 32.2 Å². The highest BCUT2D eigenvalue weighted by Crippen LogP contribution is 2.21. The molecular weight excluding hydrogens is 158 g/mol. The molecule has 1 atom stereocenters. The van der Waals surface area contributed by atoms with Crippen LogP contribution in [0.1, 0.15) is 48.0 Å². The Morgan fingerprint density at radius 2 is 1.85 bits per heavy atom. The molecule has 0 fully saturated rings.